The summed E-state index contributed by atoms with van der Waals surface area (Å²) < 4.78 is 0. The van der Waals surface area contributed by atoms with Gasteiger partial charge in [0, 0.05) is 8.07 Å². The number of hydrogen-bond acceptors (Lipinski definition) is 1. The van der Waals surface area contributed by atoms with Crippen LogP contribution in [0.15, 0.2) is 0 Å². The van der Waals surface area contributed by atoms with Crippen LogP contribution in [0.25, 0.3) is 0 Å². The molecule has 10 heavy (non-hydrogen) atoms. The molecule has 0 aromatic carbocycles. The van der Waals surface area contributed by atoms with Gasteiger partial charge < -0.3 is 5.11 Å². The molecule has 1 saturated carbocycles. The van der Waals surface area contributed by atoms with E-state index in [0.29, 0.717) is 0 Å². The molecule has 1 N–H and O–H groups in total. The van der Waals surface area contributed by atoms with Crippen molar-refractivity contribution in [3.8, 4) is 0 Å². The van der Waals surface area contributed by atoms with Gasteiger partial charge in [0.2, 0.25) is 0 Å². The molecule has 60 valence electrons. The van der Waals surface area contributed by atoms with E-state index >= 15 is 0 Å². The number of aliphatic hydroxyl groups is 1. The molecule has 1 aliphatic carbocycles. The average molecular weight is 158 g/mol. The van der Waals surface area contributed by atoms with Gasteiger partial charge in [-0.2, -0.15) is 0 Å². The maximum atomic E-state index is 9.29. The summed E-state index contributed by atoms with van der Waals surface area (Å²) in [6.45, 7) is 7.20. The highest BCUT2D eigenvalue weighted by atomic mass is 28.3. The van der Waals surface area contributed by atoms with Crippen LogP contribution in [0.3, 0.4) is 0 Å². The highest BCUT2D eigenvalue weighted by molar-refractivity contribution is 6.77. The molecule has 0 aromatic heterocycles. The van der Waals surface area contributed by atoms with Crippen molar-refractivity contribution >= 4 is 8.07 Å². The predicted molar refractivity (Wildman–Crippen MR) is 47.0 cm³/mol. The molecule has 0 amide bonds. The van der Waals surface area contributed by atoms with Crippen molar-refractivity contribution in [3.05, 3.63) is 0 Å². The topological polar surface area (TPSA) is 20.2 Å². The highest BCUT2D eigenvalue weighted by Crippen LogP contribution is 2.38. The third-order valence-electron chi connectivity index (χ3n) is 2.63. The summed E-state index contributed by atoms with van der Waals surface area (Å²) in [6.07, 6.45) is 3.43. The Morgan fingerprint density at radius 1 is 1.20 bits per heavy atom. The second-order valence-electron chi connectivity index (χ2n) is 4.53. The fourth-order valence-corrected chi connectivity index (χ4v) is 3.76. The standard InChI is InChI=1S/C8H18OSi/c1-10(2,3)8-5-4-7(9)6-8/h7-9H,4-6H2,1-3H3/t7-,8+/m0/s1. The summed E-state index contributed by atoms with van der Waals surface area (Å²) in [5, 5.41) is 9.29. The SMILES string of the molecule is C[Si](C)(C)[C@@H]1CC[C@H](O)C1. The fraction of sp³-hybridized carbons (Fsp3) is 1.00. The lowest BCUT2D eigenvalue weighted by Crippen LogP contribution is -2.26. The zero-order valence-electron chi connectivity index (χ0n) is 7.22. The van der Waals surface area contributed by atoms with Gasteiger partial charge in [0.25, 0.3) is 0 Å². The second-order valence-corrected chi connectivity index (χ2v) is 10.1. The summed E-state index contributed by atoms with van der Waals surface area (Å²) >= 11 is 0. The minimum atomic E-state index is -0.926. The van der Waals surface area contributed by atoms with Crippen LogP contribution in [0.2, 0.25) is 25.2 Å². The molecule has 2 atom stereocenters. The zero-order valence-corrected chi connectivity index (χ0v) is 8.22. The maximum absolute atomic E-state index is 9.29. The van der Waals surface area contributed by atoms with Crippen LogP contribution in [-0.4, -0.2) is 19.3 Å². The quantitative estimate of drug-likeness (QED) is 0.580. The molecule has 0 spiro atoms. The van der Waals surface area contributed by atoms with Gasteiger partial charge in [0.15, 0.2) is 0 Å². The molecular weight excluding hydrogens is 140 g/mol. The Morgan fingerprint density at radius 2 is 1.80 bits per heavy atom. The Balaban J connectivity index is 2.45. The molecule has 1 nitrogen and oxygen atoms in total. The number of aliphatic hydroxyl groups excluding tert-OH is 1. The Hall–Kier alpha value is 0.177. The lowest BCUT2D eigenvalue weighted by atomic mass is 10.3. The molecule has 0 heterocycles. The van der Waals surface area contributed by atoms with Gasteiger partial charge in [-0.25, -0.2) is 0 Å². The van der Waals surface area contributed by atoms with E-state index in [1.165, 1.54) is 6.42 Å². The van der Waals surface area contributed by atoms with Crippen LogP contribution in [0.1, 0.15) is 19.3 Å². The molecule has 0 unspecified atom stereocenters. The Labute approximate surface area is 64.5 Å². The molecule has 0 radical (unpaired) electrons. The Morgan fingerprint density at radius 3 is 2.00 bits per heavy atom. The first-order valence-corrected chi connectivity index (χ1v) is 7.76. The van der Waals surface area contributed by atoms with Crippen molar-refractivity contribution in [2.45, 2.75) is 50.5 Å². The second kappa shape index (κ2) is 2.66. The summed E-state index contributed by atoms with van der Waals surface area (Å²) in [5.41, 5.74) is 0.877. The van der Waals surface area contributed by atoms with E-state index in [4.69, 9.17) is 0 Å². The third kappa shape index (κ3) is 1.83. The lowest BCUT2D eigenvalue weighted by molar-refractivity contribution is 0.183. The molecule has 1 rings (SSSR count). The van der Waals surface area contributed by atoms with Crippen molar-refractivity contribution in [3.63, 3.8) is 0 Å². The largest absolute Gasteiger partial charge is 0.393 e. The lowest BCUT2D eigenvalue weighted by Gasteiger charge is -2.23. The van der Waals surface area contributed by atoms with Gasteiger partial charge in [0.1, 0.15) is 0 Å². The molecule has 0 aliphatic heterocycles. The zero-order chi connectivity index (χ0) is 7.78. The minimum absolute atomic E-state index is 0.0247. The van der Waals surface area contributed by atoms with Crippen LogP contribution in [-0.2, 0) is 0 Å². The van der Waals surface area contributed by atoms with E-state index in [1.54, 1.807) is 0 Å². The van der Waals surface area contributed by atoms with E-state index in [0.717, 1.165) is 18.4 Å². The number of rotatable bonds is 1. The van der Waals surface area contributed by atoms with Crippen LogP contribution in [0, 0.1) is 0 Å². The fourth-order valence-electron chi connectivity index (χ4n) is 1.74. The Bertz CT molecular complexity index is 117. The van der Waals surface area contributed by atoms with Crippen molar-refractivity contribution in [2.24, 2.45) is 0 Å². The molecule has 1 fully saturated rings. The average Bonchev–Trinajstić information content (AvgIpc) is 2.11. The molecule has 2 heteroatoms. The molecule has 1 aliphatic rings. The maximum Gasteiger partial charge on any atom is 0.0540 e. The van der Waals surface area contributed by atoms with Crippen molar-refractivity contribution in [2.75, 3.05) is 0 Å². The normalized spacial score (nSPS) is 34.8. The molecule has 0 bridgehead atoms. The van der Waals surface area contributed by atoms with Crippen molar-refractivity contribution < 1.29 is 5.11 Å². The third-order valence-corrected chi connectivity index (χ3v) is 5.60. The van der Waals surface area contributed by atoms with E-state index in [2.05, 4.69) is 19.6 Å². The van der Waals surface area contributed by atoms with Gasteiger partial charge in [-0.15, -0.1) is 0 Å². The summed E-state index contributed by atoms with van der Waals surface area (Å²) in [7, 11) is -0.926. The summed E-state index contributed by atoms with van der Waals surface area (Å²) in [6, 6.07) is 0. The highest BCUT2D eigenvalue weighted by Gasteiger charge is 2.32. The van der Waals surface area contributed by atoms with Gasteiger partial charge in [-0.1, -0.05) is 26.1 Å². The first-order valence-electron chi connectivity index (χ1n) is 4.18. The predicted octanol–water partition coefficient (Wildman–Crippen LogP) is 2.24. The molecule has 0 aromatic rings. The summed E-state index contributed by atoms with van der Waals surface area (Å²) in [4.78, 5) is 0. The Kier molecular flexibility index (Phi) is 2.20. The first-order chi connectivity index (χ1) is 4.50. The van der Waals surface area contributed by atoms with Crippen molar-refractivity contribution in [1.29, 1.82) is 0 Å². The number of hydrogen-bond donors (Lipinski definition) is 1. The van der Waals surface area contributed by atoms with Gasteiger partial charge >= 0.3 is 0 Å². The smallest absolute Gasteiger partial charge is 0.0540 e. The van der Waals surface area contributed by atoms with Crippen LogP contribution in [0.5, 0.6) is 0 Å². The molecule has 0 saturated heterocycles. The van der Waals surface area contributed by atoms with Gasteiger partial charge in [-0.05, 0) is 18.4 Å². The van der Waals surface area contributed by atoms with E-state index < -0.39 is 8.07 Å². The van der Waals surface area contributed by atoms with Gasteiger partial charge in [-0.3, -0.25) is 0 Å². The van der Waals surface area contributed by atoms with E-state index in [1.807, 2.05) is 0 Å². The van der Waals surface area contributed by atoms with E-state index in [9.17, 15) is 5.11 Å². The van der Waals surface area contributed by atoms with Crippen LogP contribution in [0.4, 0.5) is 0 Å². The minimum Gasteiger partial charge on any atom is -0.393 e. The summed E-state index contributed by atoms with van der Waals surface area (Å²) in [5.74, 6) is 0. The monoisotopic (exact) mass is 158 g/mol. The van der Waals surface area contributed by atoms with Gasteiger partial charge in [0.05, 0.1) is 6.10 Å². The van der Waals surface area contributed by atoms with Crippen LogP contribution < -0.4 is 0 Å². The van der Waals surface area contributed by atoms with Crippen LogP contribution >= 0.6 is 0 Å². The van der Waals surface area contributed by atoms with Crippen molar-refractivity contribution in [1.82, 2.24) is 0 Å². The van der Waals surface area contributed by atoms with E-state index in [-0.39, 0.29) is 6.10 Å². The first kappa shape index (κ1) is 8.28. The molecular formula is C8H18OSi.